The average Bonchev–Trinajstić information content (AvgIpc) is 2.39. The summed E-state index contributed by atoms with van der Waals surface area (Å²) >= 11 is 6.25. The summed E-state index contributed by atoms with van der Waals surface area (Å²) < 4.78 is -0.123. The SMILES string of the molecule is CSC(C)(S)Cc1ccc(NC(=O)C(N)C(C)=O)cc1. The number of ketones is 1. The molecule has 0 aromatic heterocycles. The lowest BCUT2D eigenvalue weighted by Gasteiger charge is -2.21. The van der Waals surface area contributed by atoms with Crippen molar-refractivity contribution in [3.05, 3.63) is 29.8 Å². The molecule has 110 valence electrons. The molecule has 0 bridgehead atoms. The van der Waals surface area contributed by atoms with Crippen molar-refractivity contribution in [3.63, 3.8) is 0 Å². The molecule has 0 fully saturated rings. The molecule has 0 saturated carbocycles. The number of benzene rings is 1. The third kappa shape index (κ3) is 5.19. The van der Waals surface area contributed by atoms with Crippen LogP contribution in [0.15, 0.2) is 24.3 Å². The maximum Gasteiger partial charge on any atom is 0.248 e. The van der Waals surface area contributed by atoms with Crippen molar-refractivity contribution < 1.29 is 9.59 Å². The van der Waals surface area contributed by atoms with Crippen molar-refractivity contribution in [3.8, 4) is 0 Å². The Labute approximate surface area is 129 Å². The second-order valence-corrected chi connectivity index (χ2v) is 7.43. The van der Waals surface area contributed by atoms with Crippen LogP contribution in [0.5, 0.6) is 0 Å². The first kappa shape index (κ1) is 17.1. The van der Waals surface area contributed by atoms with Gasteiger partial charge >= 0.3 is 0 Å². The first-order valence-corrected chi connectivity index (χ1v) is 7.86. The normalized spacial score (nSPS) is 15.2. The van der Waals surface area contributed by atoms with Crippen molar-refractivity contribution in [2.75, 3.05) is 11.6 Å². The molecule has 0 heterocycles. The molecule has 0 radical (unpaired) electrons. The van der Waals surface area contributed by atoms with Crippen molar-refractivity contribution in [2.45, 2.75) is 30.4 Å². The lowest BCUT2D eigenvalue weighted by Crippen LogP contribution is -2.41. The number of thiol groups is 1. The fourth-order valence-electron chi connectivity index (χ4n) is 1.56. The largest absolute Gasteiger partial charge is 0.324 e. The van der Waals surface area contributed by atoms with Crippen LogP contribution >= 0.6 is 24.4 Å². The van der Waals surface area contributed by atoms with Gasteiger partial charge in [0.25, 0.3) is 0 Å². The Morgan fingerprint density at radius 1 is 1.40 bits per heavy atom. The van der Waals surface area contributed by atoms with Gasteiger partial charge in [-0.2, -0.15) is 12.6 Å². The molecule has 1 aromatic rings. The summed E-state index contributed by atoms with van der Waals surface area (Å²) in [7, 11) is 0. The number of thioether (sulfide) groups is 1. The van der Waals surface area contributed by atoms with Crippen LogP contribution in [0.2, 0.25) is 0 Å². The monoisotopic (exact) mass is 312 g/mol. The van der Waals surface area contributed by atoms with Gasteiger partial charge < -0.3 is 11.1 Å². The van der Waals surface area contributed by atoms with Gasteiger partial charge in [0.05, 0.1) is 4.08 Å². The van der Waals surface area contributed by atoms with Gasteiger partial charge in [-0.25, -0.2) is 0 Å². The molecule has 4 nitrogen and oxygen atoms in total. The van der Waals surface area contributed by atoms with E-state index >= 15 is 0 Å². The van der Waals surface area contributed by atoms with Gasteiger partial charge in [-0.15, -0.1) is 11.8 Å². The zero-order chi connectivity index (χ0) is 15.3. The van der Waals surface area contributed by atoms with E-state index in [0.29, 0.717) is 5.69 Å². The number of carbonyl (C=O) groups is 2. The minimum atomic E-state index is -1.12. The highest BCUT2D eigenvalue weighted by Crippen LogP contribution is 2.30. The fraction of sp³-hybridized carbons (Fsp3) is 0.429. The van der Waals surface area contributed by atoms with Crippen LogP contribution in [0.25, 0.3) is 0 Å². The molecule has 1 amide bonds. The first-order valence-electron chi connectivity index (χ1n) is 6.18. The fourth-order valence-corrected chi connectivity index (χ4v) is 2.06. The van der Waals surface area contributed by atoms with Crippen molar-refractivity contribution in [1.29, 1.82) is 0 Å². The highest BCUT2D eigenvalue weighted by Gasteiger charge is 2.19. The van der Waals surface area contributed by atoms with Crippen molar-refractivity contribution >= 4 is 41.8 Å². The molecular formula is C14H20N2O2S2. The van der Waals surface area contributed by atoms with Crippen LogP contribution < -0.4 is 11.1 Å². The average molecular weight is 312 g/mol. The van der Waals surface area contributed by atoms with E-state index < -0.39 is 11.9 Å². The van der Waals surface area contributed by atoms with E-state index in [1.807, 2.05) is 18.4 Å². The third-order valence-corrected chi connectivity index (χ3v) is 4.64. The number of nitrogens with two attached hydrogens (primary N) is 1. The van der Waals surface area contributed by atoms with Crippen LogP contribution in [-0.2, 0) is 16.0 Å². The van der Waals surface area contributed by atoms with Crippen LogP contribution in [0.1, 0.15) is 19.4 Å². The van der Waals surface area contributed by atoms with Crippen molar-refractivity contribution in [2.24, 2.45) is 5.73 Å². The summed E-state index contributed by atoms with van der Waals surface area (Å²) in [6.45, 7) is 3.35. The second-order valence-electron chi connectivity index (χ2n) is 4.83. The molecule has 0 aliphatic rings. The van der Waals surface area contributed by atoms with E-state index in [-0.39, 0.29) is 9.86 Å². The van der Waals surface area contributed by atoms with Crippen LogP contribution in [-0.4, -0.2) is 28.1 Å². The Hall–Kier alpha value is -0.980. The molecule has 0 saturated heterocycles. The van der Waals surface area contributed by atoms with E-state index in [2.05, 4.69) is 24.9 Å². The summed E-state index contributed by atoms with van der Waals surface area (Å²) in [5.74, 6) is -0.849. The van der Waals surface area contributed by atoms with E-state index in [1.165, 1.54) is 6.92 Å². The number of carbonyl (C=O) groups excluding carboxylic acids is 2. The molecule has 3 N–H and O–H groups in total. The van der Waals surface area contributed by atoms with Crippen LogP contribution in [0.3, 0.4) is 0 Å². The Morgan fingerprint density at radius 2 is 1.95 bits per heavy atom. The van der Waals surface area contributed by atoms with Gasteiger partial charge in [-0.1, -0.05) is 12.1 Å². The molecule has 6 heteroatoms. The molecule has 2 atom stereocenters. The first-order chi connectivity index (χ1) is 9.25. The summed E-state index contributed by atoms with van der Waals surface area (Å²) in [5.41, 5.74) is 7.22. The molecule has 2 unspecified atom stereocenters. The van der Waals surface area contributed by atoms with E-state index in [0.717, 1.165) is 12.0 Å². The number of hydrogen-bond acceptors (Lipinski definition) is 5. The number of rotatable bonds is 6. The Kier molecular flexibility index (Phi) is 6.10. The smallest absolute Gasteiger partial charge is 0.248 e. The zero-order valence-corrected chi connectivity index (χ0v) is 13.6. The number of hydrogen-bond donors (Lipinski definition) is 3. The molecule has 1 rings (SSSR count). The van der Waals surface area contributed by atoms with Crippen LogP contribution in [0.4, 0.5) is 5.69 Å². The number of amides is 1. The molecule has 0 spiro atoms. The number of nitrogens with one attached hydrogen (secondary N) is 1. The van der Waals surface area contributed by atoms with E-state index in [4.69, 9.17) is 5.73 Å². The predicted molar refractivity (Wildman–Crippen MR) is 88.3 cm³/mol. The molecule has 0 aliphatic heterocycles. The summed E-state index contributed by atoms with van der Waals surface area (Å²) in [6.07, 6.45) is 2.84. The van der Waals surface area contributed by atoms with Gasteiger partial charge in [0.1, 0.15) is 6.04 Å². The minimum Gasteiger partial charge on any atom is -0.324 e. The molecular weight excluding hydrogens is 292 g/mol. The topological polar surface area (TPSA) is 72.2 Å². The quantitative estimate of drug-likeness (QED) is 0.427. The number of Topliss-reactive ketones (excluding diaryl/α,β-unsaturated/α-hetero) is 1. The van der Waals surface area contributed by atoms with Gasteiger partial charge in [-0.05, 0) is 44.2 Å². The molecule has 1 aromatic carbocycles. The standard InChI is InChI=1S/C14H20N2O2S2/c1-9(17)12(15)13(18)16-11-6-4-10(5-7-11)8-14(2,19)20-3/h4-7,12,19H,8,15H2,1-3H3,(H,16,18). The Balaban J connectivity index is 2.68. The van der Waals surface area contributed by atoms with Crippen LogP contribution in [0, 0.1) is 0 Å². The summed E-state index contributed by atoms with van der Waals surface area (Å²) in [4.78, 5) is 22.7. The third-order valence-electron chi connectivity index (χ3n) is 2.91. The maximum absolute atomic E-state index is 11.6. The molecule has 0 aliphatic carbocycles. The summed E-state index contributed by atoms with van der Waals surface area (Å²) in [6, 6.07) is 6.33. The maximum atomic E-state index is 11.6. The summed E-state index contributed by atoms with van der Waals surface area (Å²) in [5, 5.41) is 2.62. The lowest BCUT2D eigenvalue weighted by atomic mass is 10.1. The van der Waals surface area contributed by atoms with Gasteiger partial charge in [0.15, 0.2) is 5.78 Å². The highest BCUT2D eigenvalue weighted by molar-refractivity contribution is 8.11. The minimum absolute atomic E-state index is 0.123. The van der Waals surface area contributed by atoms with Gasteiger partial charge in [0, 0.05) is 5.69 Å². The van der Waals surface area contributed by atoms with E-state index in [9.17, 15) is 9.59 Å². The second kappa shape index (κ2) is 7.15. The zero-order valence-electron chi connectivity index (χ0n) is 11.8. The van der Waals surface area contributed by atoms with Gasteiger partial charge in [-0.3, -0.25) is 9.59 Å². The number of anilines is 1. The molecule has 20 heavy (non-hydrogen) atoms. The Morgan fingerprint density at radius 3 is 2.40 bits per heavy atom. The lowest BCUT2D eigenvalue weighted by molar-refractivity contribution is -0.126. The predicted octanol–water partition coefficient (Wildman–Crippen LogP) is 2.09. The van der Waals surface area contributed by atoms with Crippen molar-refractivity contribution in [1.82, 2.24) is 0 Å². The van der Waals surface area contributed by atoms with Gasteiger partial charge in [0.2, 0.25) is 5.91 Å². The van der Waals surface area contributed by atoms with E-state index in [1.54, 1.807) is 23.9 Å². The Bertz CT molecular complexity index is 486. The highest BCUT2D eigenvalue weighted by atomic mass is 32.2.